The van der Waals surface area contributed by atoms with E-state index in [1.807, 2.05) is 6.92 Å². The van der Waals surface area contributed by atoms with Gasteiger partial charge < -0.3 is 9.53 Å². The summed E-state index contributed by atoms with van der Waals surface area (Å²) in [6, 6.07) is 0. The number of ether oxygens (including phenoxy) is 1. The molecule has 4 heteroatoms. The number of ketones is 1. The van der Waals surface area contributed by atoms with E-state index in [-0.39, 0.29) is 29.2 Å². The highest BCUT2D eigenvalue weighted by molar-refractivity contribution is 5.94. The van der Waals surface area contributed by atoms with Crippen LogP contribution in [0.4, 0.5) is 0 Å². The number of carbonyl (C=O) groups is 3. The highest BCUT2D eigenvalue weighted by Gasteiger charge is 2.64. The summed E-state index contributed by atoms with van der Waals surface area (Å²) in [4.78, 5) is 36.8. The van der Waals surface area contributed by atoms with Crippen LogP contribution in [0, 0.1) is 40.4 Å². The maximum Gasteiger partial charge on any atom is 0.305 e. The molecule has 0 saturated heterocycles. The zero-order valence-corrected chi connectivity index (χ0v) is 17.7. The highest BCUT2D eigenvalue weighted by atomic mass is 16.5. The van der Waals surface area contributed by atoms with Gasteiger partial charge in [0.1, 0.15) is 12.4 Å². The minimum Gasteiger partial charge on any atom is -0.462 e. The molecule has 0 aliphatic heterocycles. The first-order valence-electron chi connectivity index (χ1n) is 11.2. The minimum absolute atomic E-state index is 0.00702. The van der Waals surface area contributed by atoms with Crippen LogP contribution < -0.4 is 0 Å². The van der Waals surface area contributed by atoms with Crippen LogP contribution in [0.1, 0.15) is 72.6 Å². The normalized spacial score (nSPS) is 47.4. The number of fused-ring (bicyclic) bond motifs is 5. The van der Waals surface area contributed by atoms with Crippen LogP contribution in [0.5, 0.6) is 0 Å². The lowest BCUT2D eigenvalue weighted by Gasteiger charge is -2.60. The van der Waals surface area contributed by atoms with E-state index in [1.54, 1.807) is 6.08 Å². The third kappa shape index (κ3) is 2.59. The summed E-state index contributed by atoms with van der Waals surface area (Å²) in [6.45, 7) is 8.56. The minimum atomic E-state index is -0.468. The molecule has 4 rings (SSSR count). The molecule has 0 heterocycles. The van der Waals surface area contributed by atoms with Gasteiger partial charge in [-0.1, -0.05) is 33.3 Å². The van der Waals surface area contributed by atoms with Crippen molar-refractivity contribution >= 4 is 18.0 Å². The first kappa shape index (κ1) is 19.8. The Kier molecular flexibility index (Phi) is 4.83. The SMILES string of the molecule is CCC(=O)OC1CC[C@H]2[C@@H]3C(C)CC4=CC(=O)CC(C)[C@]4(C=O)[C@@H]3CC[C@]12C. The first-order valence-corrected chi connectivity index (χ1v) is 11.2. The van der Waals surface area contributed by atoms with Crippen LogP contribution >= 0.6 is 0 Å². The smallest absolute Gasteiger partial charge is 0.305 e. The molecule has 0 spiro atoms. The van der Waals surface area contributed by atoms with E-state index < -0.39 is 5.41 Å². The molecule has 0 aromatic heterocycles. The van der Waals surface area contributed by atoms with E-state index in [0.29, 0.717) is 36.5 Å². The van der Waals surface area contributed by atoms with E-state index in [4.69, 9.17) is 4.74 Å². The van der Waals surface area contributed by atoms with E-state index in [0.717, 1.165) is 37.7 Å². The van der Waals surface area contributed by atoms with Crippen LogP contribution in [0.15, 0.2) is 11.6 Å². The molecule has 4 nitrogen and oxygen atoms in total. The summed E-state index contributed by atoms with van der Waals surface area (Å²) in [7, 11) is 0. The second-order valence-electron chi connectivity index (χ2n) is 10.2. The monoisotopic (exact) mass is 386 g/mol. The summed E-state index contributed by atoms with van der Waals surface area (Å²) in [6.07, 6.45) is 8.76. The van der Waals surface area contributed by atoms with Crippen molar-refractivity contribution in [3.63, 3.8) is 0 Å². The largest absolute Gasteiger partial charge is 0.462 e. The molecule has 0 aromatic carbocycles. The Bertz CT molecular complexity index is 724. The van der Waals surface area contributed by atoms with Crippen molar-refractivity contribution in [1.82, 2.24) is 0 Å². The van der Waals surface area contributed by atoms with Gasteiger partial charge in [-0.3, -0.25) is 9.59 Å². The van der Waals surface area contributed by atoms with Crippen LogP contribution in [0.3, 0.4) is 0 Å². The second kappa shape index (κ2) is 6.81. The number of hydrogen-bond acceptors (Lipinski definition) is 4. The third-order valence-electron chi connectivity index (χ3n) is 9.03. The van der Waals surface area contributed by atoms with Crippen molar-refractivity contribution in [3.8, 4) is 0 Å². The molecule has 4 aliphatic rings. The van der Waals surface area contributed by atoms with Crippen LogP contribution in [0.2, 0.25) is 0 Å². The van der Waals surface area contributed by atoms with E-state index in [9.17, 15) is 14.4 Å². The fourth-order valence-corrected chi connectivity index (χ4v) is 7.70. The van der Waals surface area contributed by atoms with Gasteiger partial charge in [-0.05, 0) is 67.8 Å². The zero-order chi connectivity index (χ0) is 20.3. The topological polar surface area (TPSA) is 60.4 Å². The van der Waals surface area contributed by atoms with Crippen molar-refractivity contribution in [3.05, 3.63) is 11.6 Å². The molecule has 0 radical (unpaired) electrons. The standard InChI is InChI=1S/C24H34O4/c1-5-21(27)28-20-7-6-18-22-14(2)10-16-12-17(26)11-15(3)24(16,13-25)19(22)8-9-23(18,20)4/h12-15,18-20,22H,5-11H2,1-4H3/t14?,15?,18-,19+,20?,22-,23-,24-/m0/s1. The third-order valence-corrected chi connectivity index (χ3v) is 9.03. The molecule has 0 bridgehead atoms. The molecule has 3 fully saturated rings. The van der Waals surface area contributed by atoms with E-state index in [1.165, 1.54) is 6.29 Å². The molecule has 8 atom stereocenters. The van der Waals surface area contributed by atoms with Gasteiger partial charge in [0.15, 0.2) is 5.78 Å². The number of esters is 1. The van der Waals surface area contributed by atoms with Gasteiger partial charge in [0.05, 0.1) is 5.41 Å². The Morgan fingerprint density at radius 1 is 1.21 bits per heavy atom. The Hall–Kier alpha value is -1.45. The molecular weight excluding hydrogens is 352 g/mol. The number of rotatable bonds is 3. The maximum absolute atomic E-state index is 12.6. The van der Waals surface area contributed by atoms with E-state index >= 15 is 0 Å². The number of aldehydes is 1. The van der Waals surface area contributed by atoms with Gasteiger partial charge in [0.25, 0.3) is 0 Å². The van der Waals surface area contributed by atoms with Crippen molar-refractivity contribution in [1.29, 1.82) is 0 Å². The van der Waals surface area contributed by atoms with Crippen molar-refractivity contribution in [2.75, 3.05) is 0 Å². The van der Waals surface area contributed by atoms with Gasteiger partial charge in [0, 0.05) is 18.3 Å². The predicted octanol–water partition coefficient (Wildman–Crippen LogP) is 4.51. The molecular formula is C24H34O4. The fourth-order valence-electron chi connectivity index (χ4n) is 7.70. The quantitative estimate of drug-likeness (QED) is 0.529. The van der Waals surface area contributed by atoms with Gasteiger partial charge in [-0.15, -0.1) is 0 Å². The Balaban J connectivity index is 1.70. The van der Waals surface area contributed by atoms with E-state index in [2.05, 4.69) is 20.8 Å². The Labute approximate surface area is 168 Å². The Morgan fingerprint density at radius 2 is 1.96 bits per heavy atom. The average molecular weight is 387 g/mol. The molecule has 0 aromatic rings. The maximum atomic E-state index is 12.6. The lowest BCUT2D eigenvalue weighted by molar-refractivity contribution is -0.162. The highest BCUT2D eigenvalue weighted by Crippen LogP contribution is 2.67. The summed E-state index contributed by atoms with van der Waals surface area (Å²) in [5, 5.41) is 0. The molecule has 3 unspecified atom stereocenters. The van der Waals surface area contributed by atoms with Crippen LogP contribution in [0.25, 0.3) is 0 Å². The molecule has 4 aliphatic carbocycles. The van der Waals surface area contributed by atoms with Crippen LogP contribution in [-0.2, 0) is 19.1 Å². The predicted molar refractivity (Wildman–Crippen MR) is 106 cm³/mol. The summed E-state index contributed by atoms with van der Waals surface area (Å²) >= 11 is 0. The molecule has 0 amide bonds. The zero-order valence-electron chi connectivity index (χ0n) is 17.7. The Morgan fingerprint density at radius 3 is 2.64 bits per heavy atom. The second-order valence-corrected chi connectivity index (χ2v) is 10.2. The summed E-state index contributed by atoms with van der Waals surface area (Å²) in [5.74, 6) is 1.87. The number of allylic oxidation sites excluding steroid dienone is 1. The lowest BCUT2D eigenvalue weighted by atomic mass is 9.43. The average Bonchev–Trinajstić information content (AvgIpc) is 2.97. The number of carbonyl (C=O) groups excluding carboxylic acids is 3. The summed E-state index contributed by atoms with van der Waals surface area (Å²) in [5.41, 5.74) is 0.639. The first-order chi connectivity index (χ1) is 13.3. The van der Waals surface area contributed by atoms with Gasteiger partial charge in [-0.25, -0.2) is 0 Å². The number of hydrogen-bond donors (Lipinski definition) is 0. The summed E-state index contributed by atoms with van der Waals surface area (Å²) < 4.78 is 5.88. The van der Waals surface area contributed by atoms with Gasteiger partial charge in [-0.2, -0.15) is 0 Å². The van der Waals surface area contributed by atoms with Crippen molar-refractivity contribution < 1.29 is 19.1 Å². The molecule has 28 heavy (non-hydrogen) atoms. The molecule has 0 N–H and O–H groups in total. The van der Waals surface area contributed by atoms with Gasteiger partial charge in [0.2, 0.25) is 0 Å². The van der Waals surface area contributed by atoms with Crippen molar-refractivity contribution in [2.45, 2.75) is 78.7 Å². The molecule has 3 saturated carbocycles. The van der Waals surface area contributed by atoms with Crippen LogP contribution in [-0.4, -0.2) is 24.1 Å². The molecule has 154 valence electrons. The lowest BCUT2D eigenvalue weighted by Crippen LogP contribution is -2.57. The van der Waals surface area contributed by atoms with Gasteiger partial charge >= 0.3 is 5.97 Å². The van der Waals surface area contributed by atoms with Crippen molar-refractivity contribution in [2.24, 2.45) is 40.4 Å². The fraction of sp³-hybridized carbons (Fsp3) is 0.792.